The highest BCUT2D eigenvalue weighted by molar-refractivity contribution is 5.92. The molecule has 1 saturated heterocycles. The zero-order valence-electron chi connectivity index (χ0n) is 12.8. The molecular weight excluding hydrogens is 278 g/mol. The summed E-state index contributed by atoms with van der Waals surface area (Å²) in [6.07, 6.45) is 2.07. The van der Waals surface area contributed by atoms with Crippen molar-refractivity contribution in [2.24, 2.45) is 5.92 Å². The topological polar surface area (TPSA) is 58.4 Å². The lowest BCUT2D eigenvalue weighted by Crippen LogP contribution is -2.40. The number of nitrogens with one attached hydrogen (secondary N) is 1. The summed E-state index contributed by atoms with van der Waals surface area (Å²) < 4.78 is 5.25. The van der Waals surface area contributed by atoms with Crippen LogP contribution in [0, 0.1) is 5.92 Å². The highest BCUT2D eigenvalue weighted by Gasteiger charge is 2.25. The highest BCUT2D eigenvalue weighted by Crippen LogP contribution is 2.22. The van der Waals surface area contributed by atoms with Crippen molar-refractivity contribution in [2.75, 3.05) is 26.7 Å². The fourth-order valence-corrected chi connectivity index (χ4v) is 2.91. The fourth-order valence-electron chi connectivity index (χ4n) is 2.91. The quantitative estimate of drug-likeness (QED) is 0.942. The van der Waals surface area contributed by atoms with Crippen molar-refractivity contribution in [1.82, 2.24) is 15.4 Å². The summed E-state index contributed by atoms with van der Waals surface area (Å²) in [6.45, 7) is 2.58. The van der Waals surface area contributed by atoms with Gasteiger partial charge in [0.05, 0.1) is 0 Å². The van der Waals surface area contributed by atoms with E-state index in [-0.39, 0.29) is 5.91 Å². The van der Waals surface area contributed by atoms with Crippen molar-refractivity contribution in [2.45, 2.75) is 12.8 Å². The van der Waals surface area contributed by atoms with E-state index in [4.69, 9.17) is 4.52 Å². The number of carbonyl (C=O) groups excluding carboxylic acids is 1. The molecule has 1 aromatic heterocycles. The molecule has 0 aliphatic carbocycles. The van der Waals surface area contributed by atoms with Crippen LogP contribution in [0.2, 0.25) is 0 Å². The molecule has 2 heterocycles. The Balaban J connectivity index is 1.65. The third-order valence-corrected chi connectivity index (χ3v) is 4.19. The summed E-state index contributed by atoms with van der Waals surface area (Å²) in [4.78, 5) is 14.3. The molecule has 0 bridgehead atoms. The molecule has 0 atom stereocenters. The zero-order chi connectivity index (χ0) is 15.4. The van der Waals surface area contributed by atoms with E-state index in [0.29, 0.717) is 17.4 Å². The van der Waals surface area contributed by atoms with Crippen LogP contribution in [0.4, 0.5) is 0 Å². The van der Waals surface area contributed by atoms with Crippen LogP contribution in [0.3, 0.4) is 0 Å². The lowest BCUT2D eigenvalue weighted by molar-refractivity contribution is 0.0649. The van der Waals surface area contributed by atoms with Crippen LogP contribution >= 0.6 is 0 Å². The molecule has 3 rings (SSSR count). The van der Waals surface area contributed by atoms with E-state index in [2.05, 4.69) is 10.5 Å². The average Bonchev–Trinajstić information content (AvgIpc) is 3.06. The van der Waals surface area contributed by atoms with Crippen molar-refractivity contribution in [3.05, 3.63) is 42.2 Å². The minimum atomic E-state index is -0.0578. The largest absolute Gasteiger partial charge is 0.350 e. The molecule has 1 N–H and O–H groups in total. The summed E-state index contributed by atoms with van der Waals surface area (Å²) >= 11 is 0. The maximum atomic E-state index is 12.5. The van der Waals surface area contributed by atoms with Gasteiger partial charge in [0.2, 0.25) is 5.76 Å². The number of piperidine rings is 1. The van der Waals surface area contributed by atoms with Crippen LogP contribution in [0.25, 0.3) is 11.3 Å². The molecular formula is C17H21N3O2. The molecule has 22 heavy (non-hydrogen) atoms. The summed E-state index contributed by atoms with van der Waals surface area (Å²) in [7, 11) is 1.97. The summed E-state index contributed by atoms with van der Waals surface area (Å²) in [5, 5.41) is 7.22. The molecule has 0 radical (unpaired) electrons. The molecule has 0 saturated carbocycles. The summed E-state index contributed by atoms with van der Waals surface area (Å²) in [6, 6.07) is 11.5. The normalized spacial score (nSPS) is 16.0. The van der Waals surface area contributed by atoms with Gasteiger partial charge in [-0.1, -0.05) is 35.5 Å². The van der Waals surface area contributed by atoms with Gasteiger partial charge in [0.15, 0.2) is 0 Å². The molecule has 0 spiro atoms. The third kappa shape index (κ3) is 3.20. The van der Waals surface area contributed by atoms with Crippen molar-refractivity contribution in [1.29, 1.82) is 0 Å². The first-order chi connectivity index (χ1) is 10.8. The van der Waals surface area contributed by atoms with Gasteiger partial charge in [-0.15, -0.1) is 0 Å². The van der Waals surface area contributed by atoms with Gasteiger partial charge in [-0.05, 0) is 32.4 Å². The number of hydrogen-bond donors (Lipinski definition) is 1. The average molecular weight is 299 g/mol. The van der Waals surface area contributed by atoms with Crippen LogP contribution < -0.4 is 5.32 Å². The van der Waals surface area contributed by atoms with Gasteiger partial charge in [0.25, 0.3) is 5.91 Å². The minimum absolute atomic E-state index is 0.0578. The third-order valence-electron chi connectivity index (χ3n) is 4.19. The standard InChI is InChI=1S/C17H21N3O2/c1-18-12-13-7-9-20(10-8-13)17(21)16-11-15(19-22-16)14-5-3-2-4-6-14/h2-6,11,13,18H,7-10,12H2,1H3. The van der Waals surface area contributed by atoms with Gasteiger partial charge in [-0.3, -0.25) is 4.79 Å². The fraction of sp³-hybridized carbons (Fsp3) is 0.412. The first-order valence-corrected chi connectivity index (χ1v) is 7.74. The van der Waals surface area contributed by atoms with Crippen molar-refractivity contribution < 1.29 is 9.32 Å². The minimum Gasteiger partial charge on any atom is -0.350 e. The van der Waals surface area contributed by atoms with E-state index in [1.807, 2.05) is 42.3 Å². The van der Waals surface area contributed by atoms with Gasteiger partial charge < -0.3 is 14.7 Å². The number of aromatic nitrogens is 1. The van der Waals surface area contributed by atoms with Gasteiger partial charge in [-0.2, -0.15) is 0 Å². The molecule has 1 amide bonds. The molecule has 1 aromatic carbocycles. The Morgan fingerprint density at radius 1 is 1.32 bits per heavy atom. The van der Waals surface area contributed by atoms with E-state index in [1.54, 1.807) is 6.07 Å². The number of benzene rings is 1. The maximum absolute atomic E-state index is 12.5. The molecule has 116 valence electrons. The number of likely N-dealkylation sites (tertiary alicyclic amines) is 1. The van der Waals surface area contributed by atoms with Crippen LogP contribution in [0.5, 0.6) is 0 Å². The second kappa shape index (κ2) is 6.75. The van der Waals surface area contributed by atoms with Gasteiger partial charge in [-0.25, -0.2) is 0 Å². The van der Waals surface area contributed by atoms with Crippen LogP contribution in [-0.4, -0.2) is 42.6 Å². The first-order valence-electron chi connectivity index (χ1n) is 7.74. The van der Waals surface area contributed by atoms with Crippen molar-refractivity contribution in [3.8, 4) is 11.3 Å². The predicted molar refractivity (Wildman–Crippen MR) is 84.5 cm³/mol. The SMILES string of the molecule is CNCC1CCN(C(=O)c2cc(-c3ccccc3)no2)CC1. The predicted octanol–water partition coefficient (Wildman–Crippen LogP) is 2.41. The van der Waals surface area contributed by atoms with Gasteiger partial charge in [0.1, 0.15) is 5.69 Å². The van der Waals surface area contributed by atoms with Crippen molar-refractivity contribution in [3.63, 3.8) is 0 Å². The second-order valence-electron chi connectivity index (χ2n) is 5.74. The van der Waals surface area contributed by atoms with E-state index in [1.165, 1.54) is 0 Å². The number of hydrogen-bond acceptors (Lipinski definition) is 4. The first kappa shape index (κ1) is 14.8. The Morgan fingerprint density at radius 3 is 2.73 bits per heavy atom. The van der Waals surface area contributed by atoms with Crippen molar-refractivity contribution >= 4 is 5.91 Å². The Morgan fingerprint density at radius 2 is 2.05 bits per heavy atom. The van der Waals surface area contributed by atoms with E-state index >= 15 is 0 Å². The number of amides is 1. The van der Waals surface area contributed by atoms with E-state index in [0.717, 1.165) is 38.0 Å². The molecule has 2 aromatic rings. The smallest absolute Gasteiger partial charge is 0.292 e. The lowest BCUT2D eigenvalue weighted by Gasteiger charge is -2.31. The number of carbonyl (C=O) groups is 1. The van der Waals surface area contributed by atoms with Gasteiger partial charge >= 0.3 is 0 Å². The van der Waals surface area contributed by atoms with E-state index in [9.17, 15) is 4.79 Å². The molecule has 1 aliphatic rings. The number of nitrogens with zero attached hydrogens (tertiary/aromatic N) is 2. The van der Waals surface area contributed by atoms with Crippen LogP contribution in [0.1, 0.15) is 23.4 Å². The summed E-state index contributed by atoms with van der Waals surface area (Å²) in [5.41, 5.74) is 1.66. The van der Waals surface area contributed by atoms with Crippen LogP contribution in [-0.2, 0) is 0 Å². The van der Waals surface area contributed by atoms with Gasteiger partial charge in [0, 0.05) is 24.7 Å². The Bertz CT molecular complexity index is 616. The van der Waals surface area contributed by atoms with Crippen LogP contribution in [0.15, 0.2) is 40.9 Å². The Kier molecular flexibility index (Phi) is 4.53. The summed E-state index contributed by atoms with van der Waals surface area (Å²) in [5.74, 6) is 0.923. The highest BCUT2D eigenvalue weighted by atomic mass is 16.5. The van der Waals surface area contributed by atoms with E-state index < -0.39 is 0 Å². The molecule has 0 unspecified atom stereocenters. The number of rotatable bonds is 4. The second-order valence-corrected chi connectivity index (χ2v) is 5.74. The Labute approximate surface area is 130 Å². The monoisotopic (exact) mass is 299 g/mol. The molecule has 5 heteroatoms. The Hall–Kier alpha value is -2.14. The molecule has 1 fully saturated rings. The lowest BCUT2D eigenvalue weighted by atomic mass is 9.96. The maximum Gasteiger partial charge on any atom is 0.292 e. The molecule has 1 aliphatic heterocycles. The zero-order valence-corrected chi connectivity index (χ0v) is 12.8. The molecule has 5 nitrogen and oxygen atoms in total.